The molecule has 0 aromatic rings. The smallest absolute Gasteiger partial charge is 0.0400 e. The normalized spacial score (nSPS) is 44.6. The molecule has 0 saturated heterocycles. The lowest BCUT2D eigenvalue weighted by Gasteiger charge is -2.40. The SMILES string of the molecule is CNCC[C@@]12CC[C@@H](C[C@H]1Cl)C2(C)C. The van der Waals surface area contributed by atoms with Crippen molar-refractivity contribution in [3.63, 3.8) is 0 Å². The van der Waals surface area contributed by atoms with Crippen molar-refractivity contribution in [2.75, 3.05) is 13.6 Å². The zero-order valence-corrected chi connectivity index (χ0v) is 10.3. The number of rotatable bonds is 3. The van der Waals surface area contributed by atoms with Crippen molar-refractivity contribution in [3.8, 4) is 0 Å². The maximum Gasteiger partial charge on any atom is 0.0400 e. The van der Waals surface area contributed by atoms with Crippen LogP contribution in [0.5, 0.6) is 0 Å². The molecule has 1 nitrogen and oxygen atoms in total. The Bertz CT molecular complexity index is 226. The fourth-order valence-electron chi connectivity index (χ4n) is 3.92. The van der Waals surface area contributed by atoms with Gasteiger partial charge in [-0.2, -0.15) is 0 Å². The number of hydrogen-bond acceptors (Lipinski definition) is 1. The van der Waals surface area contributed by atoms with E-state index in [2.05, 4.69) is 19.2 Å². The highest BCUT2D eigenvalue weighted by molar-refractivity contribution is 6.21. The average Bonchev–Trinajstić information content (AvgIpc) is 2.48. The molecule has 0 aromatic carbocycles. The Morgan fingerprint density at radius 1 is 1.43 bits per heavy atom. The summed E-state index contributed by atoms with van der Waals surface area (Å²) in [6, 6.07) is 0. The van der Waals surface area contributed by atoms with Crippen molar-refractivity contribution in [3.05, 3.63) is 0 Å². The Balaban J connectivity index is 2.21. The summed E-state index contributed by atoms with van der Waals surface area (Å²) in [7, 11) is 2.04. The molecule has 0 heterocycles. The van der Waals surface area contributed by atoms with E-state index in [4.69, 9.17) is 11.6 Å². The van der Waals surface area contributed by atoms with Gasteiger partial charge in [0, 0.05) is 5.38 Å². The van der Waals surface area contributed by atoms with Gasteiger partial charge in [-0.05, 0) is 56.0 Å². The Morgan fingerprint density at radius 3 is 2.57 bits per heavy atom. The van der Waals surface area contributed by atoms with E-state index in [1.807, 2.05) is 7.05 Å². The molecule has 0 spiro atoms. The minimum absolute atomic E-state index is 0.419. The largest absolute Gasteiger partial charge is 0.320 e. The summed E-state index contributed by atoms with van der Waals surface area (Å²) in [6.07, 6.45) is 5.25. The van der Waals surface area contributed by atoms with E-state index in [1.54, 1.807) is 0 Å². The maximum atomic E-state index is 6.56. The number of alkyl halides is 1. The molecule has 3 atom stereocenters. The van der Waals surface area contributed by atoms with E-state index < -0.39 is 0 Å². The first-order valence-corrected chi connectivity index (χ1v) is 6.27. The van der Waals surface area contributed by atoms with E-state index in [0.717, 1.165) is 12.5 Å². The second kappa shape index (κ2) is 3.38. The fourth-order valence-corrected chi connectivity index (χ4v) is 4.64. The van der Waals surface area contributed by atoms with Crippen LogP contribution >= 0.6 is 11.6 Å². The topological polar surface area (TPSA) is 12.0 Å². The van der Waals surface area contributed by atoms with Crippen LogP contribution in [0.2, 0.25) is 0 Å². The summed E-state index contributed by atoms with van der Waals surface area (Å²) < 4.78 is 0. The number of fused-ring (bicyclic) bond motifs is 2. The monoisotopic (exact) mass is 215 g/mol. The van der Waals surface area contributed by atoms with Crippen LogP contribution in [0.3, 0.4) is 0 Å². The Hall–Kier alpha value is 0.250. The fraction of sp³-hybridized carbons (Fsp3) is 1.00. The molecule has 82 valence electrons. The number of halogens is 1. The summed E-state index contributed by atoms with van der Waals surface area (Å²) in [5.41, 5.74) is 0.887. The van der Waals surface area contributed by atoms with Crippen LogP contribution in [0.4, 0.5) is 0 Å². The predicted octanol–water partition coefficient (Wildman–Crippen LogP) is 3.03. The van der Waals surface area contributed by atoms with Crippen LogP contribution in [0, 0.1) is 16.7 Å². The second-order valence-electron chi connectivity index (χ2n) is 5.67. The van der Waals surface area contributed by atoms with Crippen LogP contribution in [-0.2, 0) is 0 Å². The van der Waals surface area contributed by atoms with E-state index in [-0.39, 0.29) is 0 Å². The molecule has 0 unspecified atom stereocenters. The van der Waals surface area contributed by atoms with Crippen molar-refractivity contribution >= 4 is 11.6 Å². The first-order chi connectivity index (χ1) is 6.54. The van der Waals surface area contributed by atoms with E-state index in [1.165, 1.54) is 25.7 Å². The predicted molar refractivity (Wildman–Crippen MR) is 61.7 cm³/mol. The highest BCUT2D eigenvalue weighted by Crippen LogP contribution is 2.68. The van der Waals surface area contributed by atoms with Gasteiger partial charge < -0.3 is 5.32 Å². The van der Waals surface area contributed by atoms with Crippen molar-refractivity contribution in [2.45, 2.75) is 44.9 Å². The second-order valence-corrected chi connectivity index (χ2v) is 6.20. The molecule has 2 heteroatoms. The van der Waals surface area contributed by atoms with Gasteiger partial charge in [0.25, 0.3) is 0 Å². The lowest BCUT2D eigenvalue weighted by atomic mass is 9.67. The summed E-state index contributed by atoms with van der Waals surface area (Å²) in [4.78, 5) is 0. The lowest BCUT2D eigenvalue weighted by Crippen LogP contribution is -2.38. The average molecular weight is 216 g/mol. The summed E-state index contributed by atoms with van der Waals surface area (Å²) >= 11 is 6.56. The van der Waals surface area contributed by atoms with Gasteiger partial charge in [0.1, 0.15) is 0 Å². The summed E-state index contributed by atoms with van der Waals surface area (Å²) in [6.45, 7) is 5.98. The third kappa shape index (κ3) is 1.18. The van der Waals surface area contributed by atoms with Gasteiger partial charge in [0.2, 0.25) is 0 Å². The molecule has 2 bridgehead atoms. The Labute approximate surface area is 92.6 Å². The molecule has 0 radical (unpaired) electrons. The van der Waals surface area contributed by atoms with E-state index in [0.29, 0.717) is 16.2 Å². The molecule has 2 aliphatic rings. The molecule has 2 saturated carbocycles. The number of hydrogen-bond donors (Lipinski definition) is 1. The van der Waals surface area contributed by atoms with Gasteiger partial charge in [-0.1, -0.05) is 13.8 Å². The van der Waals surface area contributed by atoms with Gasteiger partial charge in [-0.15, -0.1) is 11.6 Å². The lowest BCUT2D eigenvalue weighted by molar-refractivity contribution is 0.119. The third-order valence-corrected chi connectivity index (χ3v) is 5.75. The molecule has 0 aromatic heterocycles. The first kappa shape index (κ1) is 10.8. The van der Waals surface area contributed by atoms with Crippen molar-refractivity contribution in [2.24, 2.45) is 16.7 Å². The van der Waals surface area contributed by atoms with Crippen molar-refractivity contribution in [1.82, 2.24) is 5.32 Å². The van der Waals surface area contributed by atoms with Gasteiger partial charge in [-0.25, -0.2) is 0 Å². The molecule has 2 aliphatic carbocycles. The molecule has 2 rings (SSSR count). The van der Waals surface area contributed by atoms with Gasteiger partial charge in [0.15, 0.2) is 0 Å². The Kier molecular flexibility index (Phi) is 2.60. The summed E-state index contributed by atoms with van der Waals surface area (Å²) in [5.74, 6) is 0.877. The van der Waals surface area contributed by atoms with Gasteiger partial charge >= 0.3 is 0 Å². The molecular weight excluding hydrogens is 194 g/mol. The zero-order valence-electron chi connectivity index (χ0n) is 9.57. The highest BCUT2D eigenvalue weighted by atomic mass is 35.5. The van der Waals surface area contributed by atoms with Crippen LogP contribution in [0.15, 0.2) is 0 Å². The molecule has 14 heavy (non-hydrogen) atoms. The van der Waals surface area contributed by atoms with Crippen molar-refractivity contribution in [1.29, 1.82) is 0 Å². The molecule has 2 fully saturated rings. The molecule has 1 N–H and O–H groups in total. The number of nitrogens with one attached hydrogen (secondary N) is 1. The first-order valence-electron chi connectivity index (χ1n) is 5.83. The molecular formula is C12H22ClN. The third-order valence-electron chi connectivity index (χ3n) is 5.15. The van der Waals surface area contributed by atoms with Crippen LogP contribution < -0.4 is 5.32 Å². The summed E-state index contributed by atoms with van der Waals surface area (Å²) in [5, 5.41) is 3.69. The van der Waals surface area contributed by atoms with Crippen LogP contribution in [0.25, 0.3) is 0 Å². The van der Waals surface area contributed by atoms with Gasteiger partial charge in [0.05, 0.1) is 0 Å². The molecule has 0 aliphatic heterocycles. The van der Waals surface area contributed by atoms with Gasteiger partial charge in [-0.3, -0.25) is 0 Å². The highest BCUT2D eigenvalue weighted by Gasteiger charge is 2.62. The van der Waals surface area contributed by atoms with Crippen LogP contribution in [0.1, 0.15) is 39.5 Å². The van der Waals surface area contributed by atoms with E-state index >= 15 is 0 Å². The van der Waals surface area contributed by atoms with Crippen molar-refractivity contribution < 1.29 is 0 Å². The Morgan fingerprint density at radius 2 is 2.14 bits per heavy atom. The van der Waals surface area contributed by atoms with Crippen LogP contribution in [-0.4, -0.2) is 19.0 Å². The quantitative estimate of drug-likeness (QED) is 0.714. The molecule has 0 amide bonds. The zero-order chi connectivity index (χ0) is 10.4. The minimum Gasteiger partial charge on any atom is -0.320 e. The standard InChI is InChI=1S/C12H22ClN/c1-11(2)9-4-5-12(11,6-7-14-3)10(13)8-9/h9-10,14H,4-8H2,1-3H3/t9-,10+,12-/m0/s1. The van der Waals surface area contributed by atoms with E-state index in [9.17, 15) is 0 Å². The maximum absolute atomic E-state index is 6.56. The minimum atomic E-state index is 0.419.